The molecule has 0 bridgehead atoms. The lowest BCUT2D eigenvalue weighted by atomic mass is 9.87. The zero-order valence-electron chi connectivity index (χ0n) is 13.8. The molecule has 0 aromatic heterocycles. The largest absolute Gasteiger partial charge is 0.338 e. The summed E-state index contributed by atoms with van der Waals surface area (Å²) in [7, 11) is 4.14. The predicted octanol–water partition coefficient (Wildman–Crippen LogP) is 1.36. The number of rotatable bonds is 6. The molecule has 1 aliphatic heterocycles. The minimum absolute atomic E-state index is 0.0227. The fourth-order valence-corrected chi connectivity index (χ4v) is 2.81. The van der Waals surface area contributed by atoms with Crippen LogP contribution in [0.4, 0.5) is 4.79 Å². The van der Waals surface area contributed by atoms with E-state index in [1.807, 2.05) is 0 Å². The molecule has 0 aromatic rings. The average Bonchev–Trinajstić information content (AvgIpc) is 2.36. The Morgan fingerprint density at radius 2 is 1.90 bits per heavy atom. The molecule has 5 nitrogen and oxygen atoms in total. The van der Waals surface area contributed by atoms with Crippen LogP contribution in [-0.2, 0) is 0 Å². The van der Waals surface area contributed by atoms with E-state index in [0.29, 0.717) is 5.92 Å². The highest BCUT2D eigenvalue weighted by Crippen LogP contribution is 2.23. The van der Waals surface area contributed by atoms with Crippen molar-refractivity contribution in [3.63, 3.8) is 0 Å². The number of nitrogens with one attached hydrogen (secondary N) is 2. The van der Waals surface area contributed by atoms with Crippen molar-refractivity contribution in [2.24, 2.45) is 5.92 Å². The summed E-state index contributed by atoms with van der Waals surface area (Å²) >= 11 is 0. The van der Waals surface area contributed by atoms with Gasteiger partial charge in [-0.2, -0.15) is 0 Å². The molecular weight excluding hydrogens is 252 g/mol. The van der Waals surface area contributed by atoms with E-state index in [2.05, 4.69) is 55.3 Å². The topological polar surface area (TPSA) is 47.6 Å². The zero-order valence-corrected chi connectivity index (χ0v) is 13.8. The fraction of sp³-hybridized carbons (Fsp3) is 0.933. The van der Waals surface area contributed by atoms with Crippen molar-refractivity contribution in [2.75, 3.05) is 46.8 Å². The monoisotopic (exact) mass is 284 g/mol. The van der Waals surface area contributed by atoms with Crippen LogP contribution in [0.25, 0.3) is 0 Å². The van der Waals surface area contributed by atoms with Crippen LogP contribution in [0.15, 0.2) is 0 Å². The average molecular weight is 284 g/mol. The Kier molecular flexibility index (Phi) is 6.76. The van der Waals surface area contributed by atoms with Gasteiger partial charge in [-0.25, -0.2) is 4.79 Å². The van der Waals surface area contributed by atoms with Crippen molar-refractivity contribution < 1.29 is 4.79 Å². The third-order valence-corrected chi connectivity index (χ3v) is 3.93. The molecule has 0 atom stereocenters. The van der Waals surface area contributed by atoms with E-state index in [4.69, 9.17) is 0 Å². The molecule has 0 aromatic carbocycles. The highest BCUT2D eigenvalue weighted by atomic mass is 16.2. The Hall–Kier alpha value is -0.810. The minimum atomic E-state index is -0.0871. The summed E-state index contributed by atoms with van der Waals surface area (Å²) in [5.41, 5.74) is -0.0871. The first-order chi connectivity index (χ1) is 9.37. The maximum atomic E-state index is 12.1. The highest BCUT2D eigenvalue weighted by Gasteiger charge is 2.36. The van der Waals surface area contributed by atoms with E-state index >= 15 is 0 Å². The molecule has 5 heteroatoms. The maximum Gasteiger partial charge on any atom is 0.315 e. The second kappa shape index (κ2) is 7.84. The van der Waals surface area contributed by atoms with Gasteiger partial charge >= 0.3 is 6.03 Å². The smallest absolute Gasteiger partial charge is 0.315 e. The molecule has 0 aliphatic carbocycles. The highest BCUT2D eigenvalue weighted by molar-refractivity contribution is 5.74. The van der Waals surface area contributed by atoms with E-state index in [9.17, 15) is 4.79 Å². The molecular formula is C15H32N4O. The standard InChI is InChI=1S/C15H32N4O/c1-6-19-9-7-15(8-10-19,12-18(4)5)17-14(20)16-11-13(2)3/h13H,6-12H2,1-5H3,(H2,16,17,20). The second-order valence-corrected chi connectivity index (χ2v) is 6.68. The normalized spacial score (nSPS) is 19.4. The van der Waals surface area contributed by atoms with Crippen molar-refractivity contribution in [1.82, 2.24) is 20.4 Å². The van der Waals surface area contributed by atoms with E-state index in [1.165, 1.54) is 0 Å². The van der Waals surface area contributed by atoms with E-state index in [-0.39, 0.29) is 11.6 Å². The Morgan fingerprint density at radius 1 is 1.30 bits per heavy atom. The van der Waals surface area contributed by atoms with Crippen LogP contribution >= 0.6 is 0 Å². The fourth-order valence-electron chi connectivity index (χ4n) is 2.81. The van der Waals surface area contributed by atoms with Crippen molar-refractivity contribution in [3.8, 4) is 0 Å². The third-order valence-electron chi connectivity index (χ3n) is 3.93. The molecule has 1 fully saturated rings. The summed E-state index contributed by atoms with van der Waals surface area (Å²) < 4.78 is 0. The van der Waals surface area contributed by atoms with Gasteiger partial charge in [-0.15, -0.1) is 0 Å². The molecule has 2 amide bonds. The van der Waals surface area contributed by atoms with Crippen molar-refractivity contribution in [2.45, 2.75) is 39.2 Å². The number of carbonyl (C=O) groups excluding carboxylic acids is 1. The molecule has 1 heterocycles. The Bertz CT molecular complexity index is 296. The quantitative estimate of drug-likeness (QED) is 0.774. The molecule has 1 aliphatic rings. The first-order valence-electron chi connectivity index (χ1n) is 7.80. The summed E-state index contributed by atoms with van der Waals surface area (Å²) in [6.45, 7) is 11.3. The minimum Gasteiger partial charge on any atom is -0.338 e. The van der Waals surface area contributed by atoms with E-state index < -0.39 is 0 Å². The number of likely N-dealkylation sites (tertiary alicyclic amines) is 1. The van der Waals surface area contributed by atoms with Gasteiger partial charge in [0.15, 0.2) is 0 Å². The molecule has 0 spiro atoms. The summed E-state index contributed by atoms with van der Waals surface area (Å²) in [5.74, 6) is 0.479. The van der Waals surface area contributed by atoms with Crippen molar-refractivity contribution in [1.29, 1.82) is 0 Å². The van der Waals surface area contributed by atoms with Crippen LogP contribution in [0.2, 0.25) is 0 Å². The summed E-state index contributed by atoms with van der Waals surface area (Å²) in [5, 5.41) is 6.22. The van der Waals surface area contributed by atoms with Gasteiger partial charge in [-0.05, 0) is 39.4 Å². The lowest BCUT2D eigenvalue weighted by Gasteiger charge is -2.43. The first-order valence-corrected chi connectivity index (χ1v) is 7.80. The maximum absolute atomic E-state index is 12.1. The second-order valence-electron chi connectivity index (χ2n) is 6.68. The molecule has 0 saturated carbocycles. The first kappa shape index (κ1) is 17.2. The number of hydrogen-bond acceptors (Lipinski definition) is 3. The van der Waals surface area contributed by atoms with Gasteiger partial charge < -0.3 is 20.4 Å². The summed E-state index contributed by atoms with van der Waals surface area (Å²) in [6.07, 6.45) is 2.04. The molecule has 0 radical (unpaired) electrons. The van der Waals surface area contributed by atoms with Crippen molar-refractivity contribution in [3.05, 3.63) is 0 Å². The lowest BCUT2D eigenvalue weighted by molar-refractivity contribution is 0.118. The van der Waals surface area contributed by atoms with Crippen LogP contribution in [0.3, 0.4) is 0 Å². The number of likely N-dealkylation sites (N-methyl/N-ethyl adjacent to an activating group) is 1. The number of hydrogen-bond donors (Lipinski definition) is 2. The lowest BCUT2D eigenvalue weighted by Crippen LogP contribution is -2.61. The Morgan fingerprint density at radius 3 is 2.35 bits per heavy atom. The Labute approximate surface area is 124 Å². The van der Waals surface area contributed by atoms with Crippen LogP contribution in [0.1, 0.15) is 33.6 Å². The van der Waals surface area contributed by atoms with Gasteiger partial charge in [-0.1, -0.05) is 20.8 Å². The van der Waals surface area contributed by atoms with Crippen LogP contribution in [-0.4, -0.2) is 68.2 Å². The summed E-state index contributed by atoms with van der Waals surface area (Å²) in [6, 6.07) is -0.0227. The van der Waals surface area contributed by atoms with Crippen LogP contribution in [0, 0.1) is 5.92 Å². The summed E-state index contributed by atoms with van der Waals surface area (Å²) in [4.78, 5) is 16.7. The third kappa shape index (κ3) is 5.67. The molecule has 118 valence electrons. The van der Waals surface area contributed by atoms with Crippen LogP contribution < -0.4 is 10.6 Å². The molecule has 20 heavy (non-hydrogen) atoms. The van der Waals surface area contributed by atoms with Gasteiger partial charge in [0.2, 0.25) is 0 Å². The van der Waals surface area contributed by atoms with Crippen LogP contribution in [0.5, 0.6) is 0 Å². The Balaban J connectivity index is 2.58. The van der Waals surface area contributed by atoms with Gasteiger partial charge in [0.05, 0.1) is 5.54 Å². The van der Waals surface area contributed by atoms with E-state index in [0.717, 1.165) is 45.6 Å². The molecule has 1 saturated heterocycles. The van der Waals surface area contributed by atoms with Gasteiger partial charge in [-0.3, -0.25) is 0 Å². The molecule has 0 unspecified atom stereocenters. The van der Waals surface area contributed by atoms with Gasteiger partial charge in [0.25, 0.3) is 0 Å². The number of urea groups is 1. The zero-order chi connectivity index (χ0) is 15.2. The van der Waals surface area contributed by atoms with Crippen molar-refractivity contribution >= 4 is 6.03 Å². The number of nitrogens with zero attached hydrogens (tertiary/aromatic N) is 2. The SMILES string of the molecule is CCN1CCC(CN(C)C)(NC(=O)NCC(C)C)CC1. The van der Waals surface area contributed by atoms with Gasteiger partial charge in [0.1, 0.15) is 0 Å². The molecule has 1 rings (SSSR count). The predicted molar refractivity (Wildman–Crippen MR) is 84.0 cm³/mol. The van der Waals surface area contributed by atoms with Gasteiger partial charge in [0, 0.05) is 26.2 Å². The van der Waals surface area contributed by atoms with E-state index in [1.54, 1.807) is 0 Å². The number of carbonyl (C=O) groups is 1. The molecule has 2 N–H and O–H groups in total. The number of amides is 2. The number of piperidine rings is 1.